The van der Waals surface area contributed by atoms with Gasteiger partial charge in [0, 0.05) is 30.6 Å². The summed E-state index contributed by atoms with van der Waals surface area (Å²) in [6, 6.07) is 6.61. The SMILES string of the molecule is Cn1cc(CCC(=O)O)c2ccc(C3CC3)cc21. The third-order valence-electron chi connectivity index (χ3n) is 3.75. The van der Waals surface area contributed by atoms with E-state index in [4.69, 9.17) is 5.11 Å². The molecule has 1 aromatic heterocycles. The molecule has 0 radical (unpaired) electrons. The summed E-state index contributed by atoms with van der Waals surface area (Å²) in [5, 5.41) is 9.97. The summed E-state index contributed by atoms with van der Waals surface area (Å²) < 4.78 is 2.11. The molecule has 1 heterocycles. The molecular formula is C15H17NO2. The van der Waals surface area contributed by atoms with Gasteiger partial charge in [0.05, 0.1) is 0 Å². The van der Waals surface area contributed by atoms with Gasteiger partial charge in [-0.15, -0.1) is 0 Å². The molecule has 3 heteroatoms. The number of aliphatic carboxylic acids is 1. The maximum absolute atomic E-state index is 10.7. The van der Waals surface area contributed by atoms with E-state index in [1.807, 2.05) is 7.05 Å². The van der Waals surface area contributed by atoms with Crippen LogP contribution in [-0.4, -0.2) is 15.6 Å². The lowest BCUT2D eigenvalue weighted by atomic mass is 10.0. The lowest BCUT2D eigenvalue weighted by Crippen LogP contribution is -1.96. The van der Waals surface area contributed by atoms with Crippen LogP contribution in [0.3, 0.4) is 0 Å². The van der Waals surface area contributed by atoms with Crippen LogP contribution in [0.2, 0.25) is 0 Å². The van der Waals surface area contributed by atoms with Crippen LogP contribution in [0.1, 0.15) is 36.3 Å². The third kappa shape index (κ3) is 2.01. The molecule has 0 unspecified atom stereocenters. The predicted octanol–water partition coefficient (Wildman–Crippen LogP) is 3.07. The minimum Gasteiger partial charge on any atom is -0.481 e. The standard InChI is InChI=1S/C15H17NO2/c1-16-9-12(5-7-15(17)18)13-6-4-11(8-14(13)16)10-2-3-10/h4,6,8-10H,2-3,5,7H2,1H3,(H,17,18). The van der Waals surface area contributed by atoms with Gasteiger partial charge in [-0.2, -0.15) is 0 Å². The number of hydrogen-bond donors (Lipinski definition) is 1. The lowest BCUT2D eigenvalue weighted by Gasteiger charge is -2.01. The van der Waals surface area contributed by atoms with Crippen molar-refractivity contribution in [3.63, 3.8) is 0 Å². The molecule has 2 aromatic rings. The highest BCUT2D eigenvalue weighted by Gasteiger charge is 2.24. The van der Waals surface area contributed by atoms with E-state index in [9.17, 15) is 4.79 Å². The summed E-state index contributed by atoms with van der Waals surface area (Å²) in [6.45, 7) is 0. The highest BCUT2D eigenvalue weighted by Crippen LogP contribution is 2.41. The molecule has 94 valence electrons. The molecule has 1 fully saturated rings. The van der Waals surface area contributed by atoms with Crippen LogP contribution in [-0.2, 0) is 18.3 Å². The number of carboxylic acids is 1. The molecule has 18 heavy (non-hydrogen) atoms. The van der Waals surface area contributed by atoms with Crippen LogP contribution in [0, 0.1) is 0 Å². The van der Waals surface area contributed by atoms with Gasteiger partial charge in [-0.3, -0.25) is 4.79 Å². The van der Waals surface area contributed by atoms with E-state index in [1.54, 1.807) is 0 Å². The predicted molar refractivity (Wildman–Crippen MR) is 70.9 cm³/mol. The van der Waals surface area contributed by atoms with Crippen molar-refractivity contribution >= 4 is 16.9 Å². The van der Waals surface area contributed by atoms with E-state index in [2.05, 4.69) is 29.0 Å². The number of rotatable bonds is 4. The van der Waals surface area contributed by atoms with Gasteiger partial charge in [0.15, 0.2) is 0 Å². The van der Waals surface area contributed by atoms with Crippen LogP contribution < -0.4 is 0 Å². The Morgan fingerprint density at radius 3 is 2.89 bits per heavy atom. The van der Waals surface area contributed by atoms with Crippen LogP contribution >= 0.6 is 0 Å². The topological polar surface area (TPSA) is 42.2 Å². The minimum absolute atomic E-state index is 0.198. The molecule has 0 aliphatic heterocycles. The summed E-state index contributed by atoms with van der Waals surface area (Å²) in [5.41, 5.74) is 3.78. The first-order valence-corrected chi connectivity index (χ1v) is 6.45. The van der Waals surface area contributed by atoms with Gasteiger partial charge >= 0.3 is 5.97 Å². The zero-order valence-corrected chi connectivity index (χ0v) is 10.5. The highest BCUT2D eigenvalue weighted by molar-refractivity contribution is 5.85. The minimum atomic E-state index is -0.735. The Balaban J connectivity index is 1.98. The van der Waals surface area contributed by atoms with Gasteiger partial charge in [-0.25, -0.2) is 0 Å². The van der Waals surface area contributed by atoms with E-state index >= 15 is 0 Å². The Kier molecular flexibility index (Phi) is 2.62. The van der Waals surface area contributed by atoms with Gasteiger partial charge in [0.2, 0.25) is 0 Å². The number of carbonyl (C=O) groups is 1. The molecule has 1 aliphatic carbocycles. The molecule has 0 saturated heterocycles. The fourth-order valence-corrected chi connectivity index (χ4v) is 2.60. The zero-order valence-electron chi connectivity index (χ0n) is 10.5. The average molecular weight is 243 g/mol. The van der Waals surface area contributed by atoms with E-state index in [0.717, 1.165) is 11.5 Å². The Hall–Kier alpha value is -1.77. The molecule has 1 saturated carbocycles. The first kappa shape index (κ1) is 11.3. The van der Waals surface area contributed by atoms with E-state index in [-0.39, 0.29) is 6.42 Å². The quantitative estimate of drug-likeness (QED) is 0.896. The second kappa shape index (κ2) is 4.16. The molecule has 0 spiro atoms. The van der Waals surface area contributed by atoms with Crippen molar-refractivity contribution in [2.75, 3.05) is 0 Å². The first-order valence-electron chi connectivity index (χ1n) is 6.45. The summed E-state index contributed by atoms with van der Waals surface area (Å²) in [6.07, 6.45) is 5.48. The maximum Gasteiger partial charge on any atom is 0.303 e. The van der Waals surface area contributed by atoms with Crippen LogP contribution in [0.5, 0.6) is 0 Å². The Morgan fingerprint density at radius 2 is 2.22 bits per heavy atom. The number of aromatic nitrogens is 1. The van der Waals surface area contributed by atoms with Gasteiger partial charge < -0.3 is 9.67 Å². The smallest absolute Gasteiger partial charge is 0.303 e. The molecule has 0 atom stereocenters. The molecule has 0 amide bonds. The van der Waals surface area contributed by atoms with Gasteiger partial charge in [0.25, 0.3) is 0 Å². The fourth-order valence-electron chi connectivity index (χ4n) is 2.60. The van der Waals surface area contributed by atoms with Gasteiger partial charge in [0.1, 0.15) is 0 Å². The maximum atomic E-state index is 10.7. The second-order valence-electron chi connectivity index (χ2n) is 5.21. The highest BCUT2D eigenvalue weighted by atomic mass is 16.4. The summed E-state index contributed by atoms with van der Waals surface area (Å²) in [7, 11) is 2.03. The first-order chi connectivity index (χ1) is 8.65. The zero-order chi connectivity index (χ0) is 12.7. The summed E-state index contributed by atoms with van der Waals surface area (Å²) in [5.74, 6) is 0.0216. The average Bonchev–Trinajstić information content (AvgIpc) is 3.13. The van der Waals surface area contributed by atoms with E-state index in [1.165, 1.54) is 29.3 Å². The van der Waals surface area contributed by atoms with E-state index < -0.39 is 5.97 Å². The lowest BCUT2D eigenvalue weighted by molar-refractivity contribution is -0.136. The van der Waals surface area contributed by atoms with Crippen LogP contribution in [0.4, 0.5) is 0 Å². The van der Waals surface area contributed by atoms with Crippen molar-refractivity contribution < 1.29 is 9.90 Å². The monoisotopic (exact) mass is 243 g/mol. The molecular weight excluding hydrogens is 226 g/mol. The molecule has 1 aromatic carbocycles. The Labute approximate surface area is 106 Å². The third-order valence-corrected chi connectivity index (χ3v) is 3.75. The largest absolute Gasteiger partial charge is 0.481 e. The molecule has 0 bridgehead atoms. The van der Waals surface area contributed by atoms with Gasteiger partial charge in [-0.05, 0) is 42.4 Å². The normalized spacial score (nSPS) is 15.2. The van der Waals surface area contributed by atoms with Crippen molar-refractivity contribution in [3.05, 3.63) is 35.5 Å². The Bertz CT molecular complexity index is 608. The molecule has 3 nitrogen and oxygen atoms in total. The van der Waals surface area contributed by atoms with Crippen LogP contribution in [0.25, 0.3) is 10.9 Å². The van der Waals surface area contributed by atoms with E-state index in [0.29, 0.717) is 6.42 Å². The second-order valence-corrected chi connectivity index (χ2v) is 5.21. The van der Waals surface area contributed by atoms with Gasteiger partial charge in [-0.1, -0.05) is 12.1 Å². The summed E-state index contributed by atoms with van der Waals surface area (Å²) in [4.78, 5) is 10.7. The molecule has 1 N–H and O–H groups in total. The van der Waals surface area contributed by atoms with Crippen LogP contribution in [0.15, 0.2) is 24.4 Å². The number of carboxylic acid groups (broad SMARTS) is 1. The summed E-state index contributed by atoms with van der Waals surface area (Å²) >= 11 is 0. The van der Waals surface area contributed by atoms with Crippen molar-refractivity contribution in [1.29, 1.82) is 0 Å². The molecule has 3 rings (SSSR count). The number of benzene rings is 1. The fraction of sp³-hybridized carbons (Fsp3) is 0.400. The van der Waals surface area contributed by atoms with Crippen molar-refractivity contribution in [2.45, 2.75) is 31.6 Å². The molecule has 1 aliphatic rings. The number of hydrogen-bond acceptors (Lipinski definition) is 1. The number of nitrogens with zero attached hydrogens (tertiary/aromatic N) is 1. The van der Waals surface area contributed by atoms with Crippen molar-refractivity contribution in [3.8, 4) is 0 Å². The van der Waals surface area contributed by atoms with Crippen molar-refractivity contribution in [1.82, 2.24) is 4.57 Å². The number of aryl methyl sites for hydroxylation is 2. The Morgan fingerprint density at radius 1 is 1.44 bits per heavy atom. The number of fused-ring (bicyclic) bond motifs is 1. The van der Waals surface area contributed by atoms with Crippen molar-refractivity contribution in [2.24, 2.45) is 7.05 Å².